The fourth-order valence-corrected chi connectivity index (χ4v) is 2.79. The van der Waals surface area contributed by atoms with Crippen LogP contribution in [-0.4, -0.2) is 27.0 Å². The number of aryl methyl sites for hydroxylation is 1. The average molecular weight is 332 g/mol. The predicted molar refractivity (Wildman–Crippen MR) is 90.4 cm³/mol. The summed E-state index contributed by atoms with van der Waals surface area (Å²) in [6, 6.07) is 13.4. The van der Waals surface area contributed by atoms with Crippen LogP contribution in [-0.2, 0) is 0 Å². The van der Waals surface area contributed by atoms with E-state index >= 15 is 0 Å². The third kappa shape index (κ3) is 2.25. The van der Waals surface area contributed by atoms with Gasteiger partial charge < -0.3 is 4.98 Å². The standard InChI is InChI=1S/C18H12N4O3/c1-10-16(23)19-15(21-20-10)13-8-4-5-9-14(13)22-17(24)11-6-2-3-7-12(11)18(22)25/h2-9H,1H3,(H,19,21,23). The van der Waals surface area contributed by atoms with E-state index < -0.39 is 11.8 Å². The molecule has 0 atom stereocenters. The number of hydrogen-bond donors (Lipinski definition) is 1. The van der Waals surface area contributed by atoms with Crippen molar-refractivity contribution in [2.45, 2.75) is 6.92 Å². The molecule has 1 aliphatic heterocycles. The zero-order valence-corrected chi connectivity index (χ0v) is 13.2. The molecule has 0 radical (unpaired) electrons. The maximum atomic E-state index is 12.7. The largest absolute Gasteiger partial charge is 0.303 e. The fourth-order valence-electron chi connectivity index (χ4n) is 2.79. The van der Waals surface area contributed by atoms with Gasteiger partial charge in [-0.2, -0.15) is 0 Å². The van der Waals surface area contributed by atoms with E-state index in [2.05, 4.69) is 15.2 Å². The molecule has 3 aromatic rings. The number of amides is 2. The molecule has 1 aliphatic rings. The van der Waals surface area contributed by atoms with Gasteiger partial charge in [-0.3, -0.25) is 14.4 Å². The molecule has 0 spiro atoms. The summed E-state index contributed by atoms with van der Waals surface area (Å²) in [5.41, 5.74) is 1.37. The first-order chi connectivity index (χ1) is 12.1. The van der Waals surface area contributed by atoms with Crippen molar-refractivity contribution < 1.29 is 9.59 Å². The van der Waals surface area contributed by atoms with Crippen molar-refractivity contribution in [1.29, 1.82) is 0 Å². The third-order valence-electron chi connectivity index (χ3n) is 4.05. The summed E-state index contributed by atoms with van der Waals surface area (Å²) in [4.78, 5) is 41.0. The molecule has 7 heteroatoms. The number of hydrogen-bond acceptors (Lipinski definition) is 5. The van der Waals surface area contributed by atoms with Gasteiger partial charge in [0.2, 0.25) is 0 Å². The predicted octanol–water partition coefficient (Wildman–Crippen LogP) is 1.94. The Labute approximate surface area is 142 Å². The Balaban J connectivity index is 1.88. The second-order valence-corrected chi connectivity index (χ2v) is 5.60. The first kappa shape index (κ1) is 14.9. The number of H-pyrrole nitrogens is 1. The van der Waals surface area contributed by atoms with E-state index in [9.17, 15) is 14.4 Å². The minimum Gasteiger partial charge on any atom is -0.303 e. The second kappa shape index (κ2) is 5.48. The van der Waals surface area contributed by atoms with E-state index in [1.807, 2.05) is 0 Å². The Kier molecular flexibility index (Phi) is 3.28. The lowest BCUT2D eigenvalue weighted by Gasteiger charge is -2.17. The average Bonchev–Trinajstić information content (AvgIpc) is 2.89. The highest BCUT2D eigenvalue weighted by Gasteiger charge is 2.37. The summed E-state index contributed by atoms with van der Waals surface area (Å²) in [6.07, 6.45) is 0. The number of anilines is 1. The Hall–Kier alpha value is -3.61. The zero-order valence-electron chi connectivity index (χ0n) is 13.2. The van der Waals surface area contributed by atoms with Gasteiger partial charge in [0, 0.05) is 5.56 Å². The molecule has 1 aromatic heterocycles. The van der Waals surface area contributed by atoms with E-state index in [1.165, 1.54) is 0 Å². The number of benzene rings is 2. The van der Waals surface area contributed by atoms with Gasteiger partial charge in [0.05, 0.1) is 16.8 Å². The highest BCUT2D eigenvalue weighted by atomic mass is 16.2. The molecule has 2 aromatic carbocycles. The van der Waals surface area contributed by atoms with Crippen LogP contribution in [0.15, 0.2) is 53.3 Å². The minimum absolute atomic E-state index is 0.197. The number of carbonyl (C=O) groups is 2. The lowest BCUT2D eigenvalue weighted by molar-refractivity contribution is 0.0926. The molecule has 7 nitrogen and oxygen atoms in total. The molecule has 0 fully saturated rings. The molecule has 0 aliphatic carbocycles. The van der Waals surface area contributed by atoms with Gasteiger partial charge in [0.1, 0.15) is 5.69 Å². The number of imide groups is 1. The Morgan fingerprint density at radius 1 is 0.800 bits per heavy atom. The van der Waals surface area contributed by atoms with Crippen LogP contribution in [0.3, 0.4) is 0 Å². The first-order valence-electron chi connectivity index (χ1n) is 7.59. The summed E-state index contributed by atoms with van der Waals surface area (Å²) in [5, 5.41) is 7.80. The summed E-state index contributed by atoms with van der Waals surface area (Å²) in [7, 11) is 0. The molecule has 0 unspecified atom stereocenters. The molecule has 0 saturated carbocycles. The van der Waals surface area contributed by atoms with Crippen molar-refractivity contribution in [3.63, 3.8) is 0 Å². The van der Waals surface area contributed by atoms with Crippen LogP contribution in [0.25, 0.3) is 11.4 Å². The number of nitrogens with zero attached hydrogens (tertiary/aromatic N) is 3. The molecule has 2 heterocycles. The number of aromatic amines is 1. The molecule has 0 saturated heterocycles. The highest BCUT2D eigenvalue weighted by molar-refractivity contribution is 6.35. The number of para-hydroxylation sites is 1. The Morgan fingerprint density at radius 3 is 1.96 bits per heavy atom. The van der Waals surface area contributed by atoms with E-state index in [4.69, 9.17) is 0 Å². The van der Waals surface area contributed by atoms with Gasteiger partial charge in [-0.1, -0.05) is 24.3 Å². The van der Waals surface area contributed by atoms with Crippen LogP contribution in [0.4, 0.5) is 5.69 Å². The van der Waals surface area contributed by atoms with E-state index in [-0.39, 0.29) is 17.1 Å². The van der Waals surface area contributed by atoms with E-state index in [1.54, 1.807) is 55.5 Å². The second-order valence-electron chi connectivity index (χ2n) is 5.60. The molecule has 2 amide bonds. The van der Waals surface area contributed by atoms with Crippen LogP contribution < -0.4 is 10.5 Å². The molecule has 0 bridgehead atoms. The van der Waals surface area contributed by atoms with Gasteiger partial charge in [-0.15, -0.1) is 10.2 Å². The smallest absolute Gasteiger partial charge is 0.272 e. The lowest BCUT2D eigenvalue weighted by atomic mass is 10.1. The van der Waals surface area contributed by atoms with Gasteiger partial charge in [0.25, 0.3) is 17.4 Å². The Bertz CT molecular complexity index is 1050. The van der Waals surface area contributed by atoms with Crippen molar-refractivity contribution in [3.05, 3.63) is 75.7 Å². The normalized spacial score (nSPS) is 13.2. The van der Waals surface area contributed by atoms with Crippen LogP contribution >= 0.6 is 0 Å². The zero-order chi connectivity index (χ0) is 17.6. The van der Waals surface area contributed by atoms with Crippen molar-refractivity contribution in [2.75, 3.05) is 4.90 Å². The van der Waals surface area contributed by atoms with Crippen LogP contribution in [0.1, 0.15) is 26.4 Å². The summed E-state index contributed by atoms with van der Waals surface area (Å²) < 4.78 is 0. The summed E-state index contributed by atoms with van der Waals surface area (Å²) >= 11 is 0. The molecule has 1 N–H and O–H groups in total. The molecular formula is C18H12N4O3. The SMILES string of the molecule is Cc1nnc(-c2ccccc2N2C(=O)c3ccccc3C2=O)[nH]c1=O. The maximum Gasteiger partial charge on any atom is 0.272 e. The van der Waals surface area contributed by atoms with E-state index in [0.29, 0.717) is 22.4 Å². The van der Waals surface area contributed by atoms with Crippen molar-refractivity contribution in [2.24, 2.45) is 0 Å². The topological polar surface area (TPSA) is 96.0 Å². The monoisotopic (exact) mass is 332 g/mol. The van der Waals surface area contributed by atoms with Gasteiger partial charge in [-0.25, -0.2) is 4.90 Å². The number of fused-ring (bicyclic) bond motifs is 1. The van der Waals surface area contributed by atoms with E-state index in [0.717, 1.165) is 4.90 Å². The van der Waals surface area contributed by atoms with Gasteiger partial charge >= 0.3 is 0 Å². The molecule has 25 heavy (non-hydrogen) atoms. The van der Waals surface area contributed by atoms with Gasteiger partial charge in [0.15, 0.2) is 5.82 Å². The van der Waals surface area contributed by atoms with Crippen molar-refractivity contribution >= 4 is 17.5 Å². The molecule has 4 rings (SSSR count). The minimum atomic E-state index is -0.407. The van der Waals surface area contributed by atoms with Crippen LogP contribution in [0, 0.1) is 6.92 Å². The van der Waals surface area contributed by atoms with Crippen molar-refractivity contribution in [3.8, 4) is 11.4 Å². The van der Waals surface area contributed by atoms with Crippen LogP contribution in [0.2, 0.25) is 0 Å². The molecule has 122 valence electrons. The number of carbonyl (C=O) groups excluding carboxylic acids is 2. The molecular weight excluding hydrogens is 320 g/mol. The lowest BCUT2D eigenvalue weighted by Crippen LogP contribution is -2.30. The van der Waals surface area contributed by atoms with Crippen LogP contribution in [0.5, 0.6) is 0 Å². The summed E-state index contributed by atoms with van der Waals surface area (Å²) in [6.45, 7) is 1.55. The number of rotatable bonds is 2. The Morgan fingerprint density at radius 2 is 1.36 bits per heavy atom. The highest BCUT2D eigenvalue weighted by Crippen LogP contribution is 2.34. The quantitative estimate of drug-likeness (QED) is 0.724. The number of nitrogens with one attached hydrogen (secondary N) is 1. The van der Waals surface area contributed by atoms with Crippen molar-refractivity contribution in [1.82, 2.24) is 15.2 Å². The van der Waals surface area contributed by atoms with Gasteiger partial charge in [-0.05, 0) is 31.2 Å². The third-order valence-corrected chi connectivity index (χ3v) is 4.05. The fraction of sp³-hybridized carbons (Fsp3) is 0.0556. The maximum absolute atomic E-state index is 12.7. The number of aromatic nitrogens is 3. The summed E-state index contributed by atoms with van der Waals surface area (Å²) in [5.74, 6) is -0.617. The first-order valence-corrected chi connectivity index (χ1v) is 7.59.